The van der Waals surface area contributed by atoms with Gasteiger partial charge in [-0.05, 0) is 83.9 Å². The lowest BCUT2D eigenvalue weighted by Gasteiger charge is -2.37. The van der Waals surface area contributed by atoms with E-state index in [1.54, 1.807) is 24.3 Å². The first-order chi connectivity index (χ1) is 17.3. The second kappa shape index (κ2) is 8.32. The molecule has 1 heterocycles. The summed E-state index contributed by atoms with van der Waals surface area (Å²) in [5, 5.41) is 2.81. The second-order valence-corrected chi connectivity index (χ2v) is 11.4. The van der Waals surface area contributed by atoms with Crippen molar-refractivity contribution in [2.24, 2.45) is 35.5 Å². The molecule has 6 nitrogen and oxygen atoms in total. The van der Waals surface area contributed by atoms with Gasteiger partial charge in [0.25, 0.3) is 0 Å². The van der Waals surface area contributed by atoms with E-state index in [1.165, 1.54) is 10.5 Å². The molecule has 2 bridgehead atoms. The molecule has 2 aromatic rings. The summed E-state index contributed by atoms with van der Waals surface area (Å²) in [6, 6.07) is 15.2. The predicted molar refractivity (Wildman–Crippen MR) is 136 cm³/mol. The molecule has 3 amide bonds. The molecular weight excluding hydrogens is 452 g/mol. The van der Waals surface area contributed by atoms with Crippen LogP contribution in [-0.4, -0.2) is 29.2 Å². The average Bonchev–Trinajstić information content (AvgIpc) is 3.66. The number of imide groups is 1. The molecule has 7 rings (SSSR count). The van der Waals surface area contributed by atoms with E-state index in [0.717, 1.165) is 18.6 Å². The standard InChI is InChI=1S/C30H32N2O4/c1-4-30(2,3)17-5-9-19(10-6-17)36-20-11-7-18(8-12-20)31-25(33)16-32-28(34)26-21-13-14-22(24-15-23(21)24)27(26)29(32)35/h5-14,21-24,26-27H,4,15-16H2,1-3H3,(H,31,33)/t21-,22+,23-,24-,26+,27-/m1/s1. The molecule has 2 aromatic carbocycles. The first-order valence-electron chi connectivity index (χ1n) is 13.0. The topological polar surface area (TPSA) is 75.7 Å². The molecule has 0 radical (unpaired) electrons. The summed E-state index contributed by atoms with van der Waals surface area (Å²) in [4.78, 5) is 40.1. The van der Waals surface area contributed by atoms with Gasteiger partial charge in [-0.2, -0.15) is 0 Å². The molecule has 5 aliphatic rings. The summed E-state index contributed by atoms with van der Waals surface area (Å²) in [5.41, 5.74) is 1.98. The Hall–Kier alpha value is -3.41. The van der Waals surface area contributed by atoms with Gasteiger partial charge in [0.05, 0.1) is 11.8 Å². The van der Waals surface area contributed by atoms with Crippen LogP contribution in [0.4, 0.5) is 5.69 Å². The van der Waals surface area contributed by atoms with E-state index in [2.05, 4.69) is 50.4 Å². The van der Waals surface area contributed by atoms with E-state index in [1.807, 2.05) is 12.1 Å². The number of anilines is 1. The molecule has 1 aliphatic heterocycles. The summed E-state index contributed by atoms with van der Waals surface area (Å²) < 4.78 is 5.95. The summed E-state index contributed by atoms with van der Waals surface area (Å²) in [7, 11) is 0. The minimum absolute atomic E-state index is 0.123. The van der Waals surface area contributed by atoms with Gasteiger partial charge in [-0.3, -0.25) is 19.3 Å². The summed E-state index contributed by atoms with van der Waals surface area (Å²) in [6.45, 7) is 6.39. The smallest absolute Gasteiger partial charge is 0.244 e. The number of hydrogen-bond acceptors (Lipinski definition) is 4. The number of hydrogen-bond donors (Lipinski definition) is 1. The third kappa shape index (κ3) is 3.74. The number of nitrogens with zero attached hydrogens (tertiary/aromatic N) is 1. The second-order valence-electron chi connectivity index (χ2n) is 11.4. The first-order valence-corrected chi connectivity index (χ1v) is 13.0. The van der Waals surface area contributed by atoms with Gasteiger partial charge in [0.2, 0.25) is 17.7 Å². The molecule has 0 unspecified atom stereocenters. The molecule has 36 heavy (non-hydrogen) atoms. The molecule has 3 fully saturated rings. The Kier molecular flexibility index (Phi) is 5.32. The molecule has 1 saturated heterocycles. The number of carbonyl (C=O) groups is 3. The zero-order chi connectivity index (χ0) is 25.2. The van der Waals surface area contributed by atoms with Gasteiger partial charge >= 0.3 is 0 Å². The van der Waals surface area contributed by atoms with E-state index in [-0.39, 0.29) is 53.4 Å². The van der Waals surface area contributed by atoms with Crippen LogP contribution in [0.5, 0.6) is 11.5 Å². The summed E-state index contributed by atoms with van der Waals surface area (Å²) in [5.74, 6) is 1.55. The number of ether oxygens (including phenoxy) is 1. The Morgan fingerprint density at radius 2 is 1.44 bits per heavy atom. The maximum Gasteiger partial charge on any atom is 0.244 e. The molecule has 4 aliphatic carbocycles. The zero-order valence-electron chi connectivity index (χ0n) is 20.9. The monoisotopic (exact) mass is 484 g/mol. The summed E-state index contributed by atoms with van der Waals surface area (Å²) >= 11 is 0. The van der Waals surface area contributed by atoms with E-state index in [4.69, 9.17) is 4.74 Å². The van der Waals surface area contributed by atoms with Gasteiger partial charge in [-0.15, -0.1) is 0 Å². The summed E-state index contributed by atoms with van der Waals surface area (Å²) in [6.07, 6.45) is 6.46. The minimum atomic E-state index is -0.372. The number of amides is 3. The van der Waals surface area contributed by atoms with E-state index in [0.29, 0.717) is 23.3 Å². The third-order valence-corrected chi connectivity index (χ3v) is 8.95. The normalized spacial score (nSPS) is 29.7. The first kappa shape index (κ1) is 23.0. The highest BCUT2D eigenvalue weighted by molar-refractivity contribution is 6.09. The molecule has 0 aromatic heterocycles. The molecule has 1 N–H and O–H groups in total. The van der Waals surface area contributed by atoms with Gasteiger partial charge in [0.1, 0.15) is 18.0 Å². The van der Waals surface area contributed by atoms with Gasteiger partial charge in [0.15, 0.2) is 0 Å². The molecule has 6 atom stereocenters. The molecular formula is C30H32N2O4. The maximum absolute atomic E-state index is 13.1. The number of rotatable bonds is 7. The lowest BCUT2D eigenvalue weighted by Crippen LogP contribution is -2.40. The van der Waals surface area contributed by atoms with Crippen LogP contribution < -0.4 is 10.1 Å². The van der Waals surface area contributed by atoms with Crippen LogP contribution in [0.1, 0.15) is 39.2 Å². The highest BCUT2D eigenvalue weighted by Crippen LogP contribution is 2.65. The van der Waals surface area contributed by atoms with Crippen molar-refractivity contribution in [2.45, 2.75) is 39.0 Å². The highest BCUT2D eigenvalue weighted by atomic mass is 16.5. The van der Waals surface area contributed by atoms with Crippen molar-refractivity contribution in [2.75, 3.05) is 11.9 Å². The molecule has 6 heteroatoms. The van der Waals surface area contributed by atoms with Crippen molar-refractivity contribution >= 4 is 23.4 Å². The Labute approximate surface area is 211 Å². The van der Waals surface area contributed by atoms with Gasteiger partial charge in [-0.1, -0.05) is 45.1 Å². The van der Waals surface area contributed by atoms with Crippen LogP contribution in [0, 0.1) is 35.5 Å². The fourth-order valence-corrected chi connectivity index (χ4v) is 6.44. The maximum atomic E-state index is 13.1. The molecule has 0 spiro atoms. The Morgan fingerprint density at radius 1 is 0.917 bits per heavy atom. The predicted octanol–water partition coefficient (Wildman–Crippen LogP) is 5.16. The van der Waals surface area contributed by atoms with Crippen LogP contribution in [0.2, 0.25) is 0 Å². The SMILES string of the molecule is CCC(C)(C)c1ccc(Oc2ccc(NC(=O)CN3C(=O)[C@@H]4[C@H]5C=C[C@H]([C@H]6C[C@H]56)[C@@H]4C3=O)cc2)cc1. The number of likely N-dealkylation sites (tertiary alicyclic amines) is 1. The third-order valence-electron chi connectivity index (χ3n) is 8.95. The highest BCUT2D eigenvalue weighted by Gasteiger charge is 2.67. The number of carbonyl (C=O) groups excluding carboxylic acids is 3. The van der Waals surface area contributed by atoms with Gasteiger partial charge < -0.3 is 10.1 Å². The molecule has 186 valence electrons. The number of allylic oxidation sites excluding steroid dienone is 2. The number of nitrogens with one attached hydrogen (secondary N) is 1. The van der Waals surface area contributed by atoms with Crippen molar-refractivity contribution in [3.63, 3.8) is 0 Å². The van der Waals surface area contributed by atoms with E-state index >= 15 is 0 Å². The lowest BCUT2D eigenvalue weighted by molar-refractivity contribution is -0.142. The van der Waals surface area contributed by atoms with Crippen molar-refractivity contribution in [1.82, 2.24) is 4.90 Å². The van der Waals surface area contributed by atoms with Crippen LogP contribution in [0.25, 0.3) is 0 Å². The minimum Gasteiger partial charge on any atom is -0.457 e. The van der Waals surface area contributed by atoms with Crippen molar-refractivity contribution < 1.29 is 19.1 Å². The lowest BCUT2D eigenvalue weighted by atomic mass is 9.63. The Bertz CT molecular complexity index is 1210. The fourth-order valence-electron chi connectivity index (χ4n) is 6.44. The van der Waals surface area contributed by atoms with E-state index < -0.39 is 0 Å². The zero-order valence-corrected chi connectivity index (χ0v) is 20.9. The van der Waals surface area contributed by atoms with E-state index in [9.17, 15) is 14.4 Å². The fraction of sp³-hybridized carbons (Fsp3) is 0.433. The Morgan fingerprint density at radius 3 is 1.97 bits per heavy atom. The largest absolute Gasteiger partial charge is 0.457 e. The number of benzene rings is 2. The average molecular weight is 485 g/mol. The molecule has 2 saturated carbocycles. The van der Waals surface area contributed by atoms with Crippen LogP contribution in [0.15, 0.2) is 60.7 Å². The van der Waals surface area contributed by atoms with Crippen LogP contribution in [-0.2, 0) is 19.8 Å². The van der Waals surface area contributed by atoms with Gasteiger partial charge in [-0.25, -0.2) is 0 Å². The van der Waals surface area contributed by atoms with Gasteiger partial charge in [0, 0.05) is 5.69 Å². The van der Waals surface area contributed by atoms with Crippen molar-refractivity contribution in [3.05, 3.63) is 66.2 Å². The quantitative estimate of drug-likeness (QED) is 0.435. The van der Waals surface area contributed by atoms with Crippen LogP contribution >= 0.6 is 0 Å². The van der Waals surface area contributed by atoms with Crippen molar-refractivity contribution in [1.29, 1.82) is 0 Å². The van der Waals surface area contributed by atoms with Crippen LogP contribution in [0.3, 0.4) is 0 Å². The van der Waals surface area contributed by atoms with Crippen molar-refractivity contribution in [3.8, 4) is 11.5 Å². The Balaban J connectivity index is 1.06.